The number of pyridine rings is 1. The van der Waals surface area contributed by atoms with Crippen molar-refractivity contribution in [2.75, 3.05) is 0 Å². The van der Waals surface area contributed by atoms with Crippen LogP contribution in [0.15, 0.2) is 42.5 Å². The lowest BCUT2D eigenvalue weighted by atomic mass is 10.1. The van der Waals surface area contributed by atoms with Gasteiger partial charge in [-0.1, -0.05) is 23.7 Å². The lowest BCUT2D eigenvalue weighted by molar-refractivity contribution is 0.0844. The van der Waals surface area contributed by atoms with Gasteiger partial charge in [0.15, 0.2) is 0 Å². The van der Waals surface area contributed by atoms with Crippen LogP contribution in [-0.2, 0) is 0 Å². The van der Waals surface area contributed by atoms with Crippen molar-refractivity contribution < 1.29 is 14.7 Å². The first kappa shape index (κ1) is 17.7. The van der Waals surface area contributed by atoms with Crippen molar-refractivity contribution in [1.82, 2.24) is 15.8 Å². The Morgan fingerprint density at radius 3 is 2.38 bits per heavy atom. The molecule has 3 N–H and O–H groups in total. The number of nitrogens with zero attached hydrogens (tertiary/aromatic N) is 1. The third-order valence-corrected chi connectivity index (χ3v) is 4.14. The number of nitrogens with one attached hydrogen (secondary N) is 2. The van der Waals surface area contributed by atoms with Crippen LogP contribution in [-0.4, -0.2) is 21.9 Å². The molecule has 1 heterocycles. The molecule has 3 aromatic rings. The number of amides is 2. The number of phenols is 1. The first-order chi connectivity index (χ1) is 12.3. The molecule has 0 saturated heterocycles. The molecular weight excluding hydrogens is 354 g/mol. The SMILES string of the molecule is Cc1ccc2cc(C(=O)NNC(=O)c3cc(Cl)ccc3O)c(C)nc2c1. The smallest absolute Gasteiger partial charge is 0.273 e. The van der Waals surface area contributed by atoms with E-state index in [2.05, 4.69) is 15.8 Å². The van der Waals surface area contributed by atoms with Crippen LogP contribution in [0, 0.1) is 13.8 Å². The van der Waals surface area contributed by atoms with Crippen LogP contribution in [0.1, 0.15) is 32.0 Å². The summed E-state index contributed by atoms with van der Waals surface area (Å²) in [5, 5.41) is 10.9. The van der Waals surface area contributed by atoms with E-state index in [0.29, 0.717) is 16.3 Å². The third kappa shape index (κ3) is 3.60. The molecule has 7 heteroatoms. The van der Waals surface area contributed by atoms with E-state index in [1.807, 2.05) is 25.1 Å². The second kappa shape index (κ2) is 7.01. The molecular formula is C19H16ClN3O3. The van der Waals surface area contributed by atoms with Gasteiger partial charge in [-0.25, -0.2) is 0 Å². The molecule has 0 atom stereocenters. The van der Waals surface area contributed by atoms with Gasteiger partial charge in [-0.15, -0.1) is 0 Å². The summed E-state index contributed by atoms with van der Waals surface area (Å²) in [6, 6.07) is 11.5. The van der Waals surface area contributed by atoms with Crippen molar-refractivity contribution in [2.24, 2.45) is 0 Å². The highest BCUT2D eigenvalue weighted by atomic mass is 35.5. The van der Waals surface area contributed by atoms with Gasteiger partial charge in [0.05, 0.1) is 22.3 Å². The largest absolute Gasteiger partial charge is 0.507 e. The summed E-state index contributed by atoms with van der Waals surface area (Å²) in [4.78, 5) is 29.0. The van der Waals surface area contributed by atoms with Crippen molar-refractivity contribution in [3.05, 3.63) is 69.9 Å². The molecule has 132 valence electrons. The lowest BCUT2D eigenvalue weighted by Crippen LogP contribution is -2.42. The van der Waals surface area contributed by atoms with Crippen LogP contribution in [0.4, 0.5) is 0 Å². The standard InChI is InChI=1S/C19H16ClN3O3/c1-10-3-4-12-8-14(11(2)21-16(12)7-10)18(25)22-23-19(26)15-9-13(20)5-6-17(15)24/h3-9,24H,1-2H3,(H,22,25)(H,23,26). The topological polar surface area (TPSA) is 91.3 Å². The van der Waals surface area contributed by atoms with Crippen molar-refractivity contribution in [2.45, 2.75) is 13.8 Å². The first-order valence-electron chi connectivity index (χ1n) is 7.82. The number of halogens is 1. The summed E-state index contributed by atoms with van der Waals surface area (Å²) in [6.07, 6.45) is 0. The van der Waals surface area contributed by atoms with Crippen LogP contribution in [0.3, 0.4) is 0 Å². The van der Waals surface area contributed by atoms with Crippen LogP contribution < -0.4 is 10.9 Å². The summed E-state index contributed by atoms with van der Waals surface area (Å²) in [5.41, 5.74) is 7.32. The Labute approximate surface area is 154 Å². The van der Waals surface area contributed by atoms with Gasteiger partial charge >= 0.3 is 0 Å². The Balaban J connectivity index is 1.79. The average molecular weight is 370 g/mol. The maximum absolute atomic E-state index is 12.4. The molecule has 0 aliphatic carbocycles. The lowest BCUT2D eigenvalue weighted by Gasteiger charge is -2.11. The minimum absolute atomic E-state index is 0.0402. The van der Waals surface area contributed by atoms with Gasteiger partial charge in [-0.3, -0.25) is 25.4 Å². The number of benzene rings is 2. The van der Waals surface area contributed by atoms with Gasteiger partial charge in [0.1, 0.15) is 5.75 Å². The summed E-state index contributed by atoms with van der Waals surface area (Å²) >= 11 is 5.82. The monoisotopic (exact) mass is 369 g/mol. The van der Waals surface area contributed by atoms with Crippen LogP contribution >= 0.6 is 11.6 Å². The van der Waals surface area contributed by atoms with Crippen LogP contribution in [0.2, 0.25) is 5.02 Å². The molecule has 0 fully saturated rings. The molecule has 0 saturated carbocycles. The van der Waals surface area contributed by atoms with Crippen molar-refractivity contribution in [3.63, 3.8) is 0 Å². The van der Waals surface area contributed by atoms with Gasteiger partial charge in [-0.2, -0.15) is 0 Å². The Morgan fingerprint density at radius 2 is 1.65 bits per heavy atom. The molecule has 2 amide bonds. The van der Waals surface area contributed by atoms with Gasteiger partial charge in [0.2, 0.25) is 0 Å². The Morgan fingerprint density at radius 1 is 0.962 bits per heavy atom. The van der Waals surface area contributed by atoms with E-state index in [1.54, 1.807) is 13.0 Å². The van der Waals surface area contributed by atoms with E-state index in [0.717, 1.165) is 16.5 Å². The highest BCUT2D eigenvalue weighted by molar-refractivity contribution is 6.31. The summed E-state index contributed by atoms with van der Waals surface area (Å²) < 4.78 is 0. The number of carbonyl (C=O) groups is 2. The number of aromatic hydroxyl groups is 1. The number of fused-ring (bicyclic) bond motifs is 1. The molecule has 0 bridgehead atoms. The second-order valence-corrected chi connectivity index (χ2v) is 6.32. The number of hydrazine groups is 1. The van der Waals surface area contributed by atoms with E-state index >= 15 is 0 Å². The number of hydrogen-bond donors (Lipinski definition) is 3. The Hall–Kier alpha value is -3.12. The van der Waals surface area contributed by atoms with E-state index < -0.39 is 11.8 Å². The molecule has 6 nitrogen and oxygen atoms in total. The van der Waals surface area contributed by atoms with Crippen molar-refractivity contribution in [3.8, 4) is 5.75 Å². The van der Waals surface area contributed by atoms with Gasteiger partial charge in [-0.05, 0) is 49.7 Å². The van der Waals surface area contributed by atoms with Crippen molar-refractivity contribution >= 4 is 34.3 Å². The molecule has 0 aliphatic rings. The first-order valence-corrected chi connectivity index (χ1v) is 8.20. The summed E-state index contributed by atoms with van der Waals surface area (Å²) in [6.45, 7) is 3.69. The van der Waals surface area contributed by atoms with Gasteiger partial charge < -0.3 is 5.11 Å². The maximum Gasteiger partial charge on any atom is 0.273 e. The van der Waals surface area contributed by atoms with Crippen LogP contribution in [0.25, 0.3) is 10.9 Å². The van der Waals surface area contributed by atoms with E-state index in [4.69, 9.17) is 11.6 Å². The fourth-order valence-corrected chi connectivity index (χ4v) is 2.71. The molecule has 3 rings (SSSR count). The number of carbonyl (C=O) groups excluding carboxylic acids is 2. The van der Waals surface area contributed by atoms with E-state index in [-0.39, 0.29) is 11.3 Å². The molecule has 26 heavy (non-hydrogen) atoms. The minimum Gasteiger partial charge on any atom is -0.507 e. The average Bonchev–Trinajstić information content (AvgIpc) is 2.60. The zero-order valence-electron chi connectivity index (χ0n) is 14.1. The Bertz CT molecular complexity index is 1030. The quantitative estimate of drug-likeness (QED) is 0.604. The van der Waals surface area contributed by atoms with Crippen LogP contribution in [0.5, 0.6) is 5.75 Å². The molecule has 0 unspecified atom stereocenters. The number of phenolic OH excluding ortho intramolecular Hbond substituents is 1. The summed E-state index contributed by atoms with van der Waals surface area (Å²) in [7, 11) is 0. The number of aryl methyl sites for hydroxylation is 2. The third-order valence-electron chi connectivity index (χ3n) is 3.90. The maximum atomic E-state index is 12.4. The minimum atomic E-state index is -0.680. The number of hydrogen-bond acceptors (Lipinski definition) is 4. The molecule has 0 aliphatic heterocycles. The Kier molecular flexibility index (Phi) is 4.77. The second-order valence-electron chi connectivity index (χ2n) is 5.89. The predicted octanol–water partition coefficient (Wildman–Crippen LogP) is 3.29. The van der Waals surface area contributed by atoms with Crippen molar-refractivity contribution in [1.29, 1.82) is 0 Å². The fourth-order valence-electron chi connectivity index (χ4n) is 2.54. The van der Waals surface area contributed by atoms with Gasteiger partial charge in [0, 0.05) is 10.4 Å². The molecule has 1 aromatic heterocycles. The molecule has 0 spiro atoms. The van der Waals surface area contributed by atoms with Gasteiger partial charge in [0.25, 0.3) is 11.8 Å². The zero-order chi connectivity index (χ0) is 18.8. The fraction of sp³-hybridized carbons (Fsp3) is 0.105. The predicted molar refractivity (Wildman–Crippen MR) is 99.3 cm³/mol. The number of aromatic nitrogens is 1. The van der Waals surface area contributed by atoms with E-state index in [9.17, 15) is 14.7 Å². The zero-order valence-corrected chi connectivity index (χ0v) is 14.9. The summed E-state index contributed by atoms with van der Waals surface area (Å²) in [5.74, 6) is -1.42. The molecule has 2 aromatic carbocycles. The highest BCUT2D eigenvalue weighted by Crippen LogP contribution is 2.21. The van der Waals surface area contributed by atoms with E-state index in [1.165, 1.54) is 18.2 Å². The highest BCUT2D eigenvalue weighted by Gasteiger charge is 2.15. The molecule has 0 radical (unpaired) electrons. The normalized spacial score (nSPS) is 10.6. The number of rotatable bonds is 2.